The van der Waals surface area contributed by atoms with Gasteiger partial charge in [0.2, 0.25) is 0 Å². The standard InChI is InChI=1S/C9H7N.Ba.2H/c1-2-6-9-8(4-1)5-3-7-10-9;;;/h1-7H;;;/q;+2;2*-1. The van der Waals surface area contributed by atoms with E-state index in [1.807, 2.05) is 30.5 Å². The molecule has 0 amide bonds. The zero-order valence-corrected chi connectivity index (χ0v) is 10.6. The monoisotopic (exact) mass is 269 g/mol. The number of rotatable bonds is 0. The topological polar surface area (TPSA) is 12.9 Å². The van der Waals surface area contributed by atoms with E-state index in [0.29, 0.717) is 0 Å². The van der Waals surface area contributed by atoms with Gasteiger partial charge < -0.3 is 2.85 Å². The van der Waals surface area contributed by atoms with Gasteiger partial charge in [0.25, 0.3) is 0 Å². The minimum absolute atomic E-state index is 0. The fourth-order valence-corrected chi connectivity index (χ4v) is 1.02. The second-order valence-corrected chi connectivity index (χ2v) is 2.20. The van der Waals surface area contributed by atoms with E-state index >= 15 is 0 Å². The number of pyridine rings is 1. The van der Waals surface area contributed by atoms with Gasteiger partial charge in [-0.15, -0.1) is 0 Å². The van der Waals surface area contributed by atoms with Gasteiger partial charge in [-0.1, -0.05) is 24.3 Å². The molecule has 0 fully saturated rings. The molecule has 0 saturated heterocycles. The molecule has 1 heterocycles. The van der Waals surface area contributed by atoms with Crippen LogP contribution < -0.4 is 0 Å². The first-order valence-corrected chi connectivity index (χ1v) is 3.26. The van der Waals surface area contributed by atoms with Crippen LogP contribution >= 0.6 is 0 Å². The summed E-state index contributed by atoms with van der Waals surface area (Å²) in [7, 11) is 0. The number of para-hydroxylation sites is 1. The Kier molecular flexibility index (Phi) is 3.62. The van der Waals surface area contributed by atoms with E-state index in [9.17, 15) is 0 Å². The van der Waals surface area contributed by atoms with Crippen LogP contribution in [0, 0.1) is 0 Å². The maximum Gasteiger partial charge on any atom is 2.00 e. The Labute approximate surface area is 109 Å². The number of benzene rings is 1. The van der Waals surface area contributed by atoms with Crippen molar-refractivity contribution in [3.63, 3.8) is 0 Å². The molecule has 1 nitrogen and oxygen atoms in total. The average Bonchev–Trinajstić information content (AvgIpc) is 2.05. The fourth-order valence-electron chi connectivity index (χ4n) is 1.02. The quantitative estimate of drug-likeness (QED) is 0.667. The maximum atomic E-state index is 4.18. The Balaban J connectivity index is 0. The van der Waals surface area contributed by atoms with Crippen molar-refractivity contribution in [2.24, 2.45) is 0 Å². The van der Waals surface area contributed by atoms with Crippen LogP contribution in [-0.4, -0.2) is 53.9 Å². The molecule has 0 radical (unpaired) electrons. The van der Waals surface area contributed by atoms with Crippen molar-refractivity contribution in [2.75, 3.05) is 0 Å². The summed E-state index contributed by atoms with van der Waals surface area (Å²) >= 11 is 0. The largest absolute Gasteiger partial charge is 2.00 e. The molecule has 0 atom stereocenters. The summed E-state index contributed by atoms with van der Waals surface area (Å²) in [6, 6.07) is 12.1. The molecule has 1 aromatic heterocycles. The smallest absolute Gasteiger partial charge is 1.00 e. The molecule has 0 spiro atoms. The van der Waals surface area contributed by atoms with E-state index in [1.165, 1.54) is 5.39 Å². The third-order valence-corrected chi connectivity index (χ3v) is 1.51. The molecular formula is C9H9BaN. The molecule has 11 heavy (non-hydrogen) atoms. The van der Waals surface area contributed by atoms with Crippen molar-refractivity contribution in [2.45, 2.75) is 0 Å². The van der Waals surface area contributed by atoms with Crippen LogP contribution in [0.1, 0.15) is 2.85 Å². The van der Waals surface area contributed by atoms with Crippen molar-refractivity contribution >= 4 is 59.8 Å². The van der Waals surface area contributed by atoms with Crippen LogP contribution in [0.25, 0.3) is 10.9 Å². The summed E-state index contributed by atoms with van der Waals surface area (Å²) in [5, 5.41) is 1.20. The molecule has 0 saturated carbocycles. The van der Waals surface area contributed by atoms with Crippen LogP contribution in [0.4, 0.5) is 0 Å². The molecule has 52 valence electrons. The number of nitrogens with zero attached hydrogens (tertiary/aromatic N) is 1. The first kappa shape index (κ1) is 9.29. The summed E-state index contributed by atoms with van der Waals surface area (Å²) in [6.45, 7) is 0. The van der Waals surface area contributed by atoms with Gasteiger partial charge >= 0.3 is 48.9 Å². The molecule has 2 rings (SSSR count). The molecule has 0 N–H and O–H groups in total. The summed E-state index contributed by atoms with van der Waals surface area (Å²) in [6.07, 6.45) is 1.81. The molecule has 0 aliphatic heterocycles. The maximum absolute atomic E-state index is 4.18. The number of aromatic nitrogens is 1. The van der Waals surface area contributed by atoms with Gasteiger partial charge in [0, 0.05) is 11.6 Å². The van der Waals surface area contributed by atoms with E-state index in [1.54, 1.807) is 0 Å². The minimum atomic E-state index is 0. The van der Waals surface area contributed by atoms with Gasteiger partial charge in [0.1, 0.15) is 0 Å². The Morgan fingerprint density at radius 3 is 2.55 bits per heavy atom. The Morgan fingerprint density at radius 1 is 1.00 bits per heavy atom. The molecule has 2 heteroatoms. The van der Waals surface area contributed by atoms with Gasteiger partial charge in [-0.25, -0.2) is 0 Å². The van der Waals surface area contributed by atoms with Crippen LogP contribution in [0.2, 0.25) is 0 Å². The SMILES string of the molecule is [Ba+2].[H-].[H-].c1ccc2ncccc2c1. The number of hydrogen-bond donors (Lipinski definition) is 0. The van der Waals surface area contributed by atoms with Crippen molar-refractivity contribution in [3.8, 4) is 0 Å². The second kappa shape index (κ2) is 4.28. The van der Waals surface area contributed by atoms with Crippen molar-refractivity contribution < 1.29 is 2.85 Å². The first-order chi connectivity index (χ1) is 4.97. The minimum Gasteiger partial charge on any atom is -1.00 e. The molecule has 0 bridgehead atoms. The van der Waals surface area contributed by atoms with Crippen molar-refractivity contribution in [3.05, 3.63) is 42.6 Å². The normalized spacial score (nSPS) is 9.09. The molecule has 2 aromatic rings. The zero-order valence-electron chi connectivity index (χ0n) is 8.20. The van der Waals surface area contributed by atoms with Crippen LogP contribution in [0.3, 0.4) is 0 Å². The molecule has 1 aromatic carbocycles. The van der Waals surface area contributed by atoms with Crippen LogP contribution in [0.15, 0.2) is 42.6 Å². The van der Waals surface area contributed by atoms with E-state index in [0.717, 1.165) is 5.52 Å². The van der Waals surface area contributed by atoms with Crippen LogP contribution in [-0.2, 0) is 0 Å². The van der Waals surface area contributed by atoms with Crippen molar-refractivity contribution in [1.29, 1.82) is 0 Å². The van der Waals surface area contributed by atoms with Gasteiger partial charge in [0.05, 0.1) is 5.52 Å². The number of hydrogen-bond acceptors (Lipinski definition) is 1. The number of fused-ring (bicyclic) bond motifs is 1. The summed E-state index contributed by atoms with van der Waals surface area (Å²) < 4.78 is 0. The Hall–Kier alpha value is 0.201. The van der Waals surface area contributed by atoms with E-state index < -0.39 is 0 Å². The van der Waals surface area contributed by atoms with Gasteiger partial charge in [-0.05, 0) is 12.1 Å². The van der Waals surface area contributed by atoms with Gasteiger partial charge in [-0.2, -0.15) is 0 Å². The predicted molar refractivity (Wildman–Crippen MR) is 49.7 cm³/mol. The predicted octanol–water partition coefficient (Wildman–Crippen LogP) is 2.08. The third-order valence-electron chi connectivity index (χ3n) is 1.51. The first-order valence-electron chi connectivity index (χ1n) is 3.26. The van der Waals surface area contributed by atoms with E-state index in [-0.39, 0.29) is 51.7 Å². The van der Waals surface area contributed by atoms with Gasteiger partial charge in [-0.3, -0.25) is 4.98 Å². The van der Waals surface area contributed by atoms with E-state index in [2.05, 4.69) is 17.1 Å². The Morgan fingerprint density at radius 2 is 1.73 bits per heavy atom. The second-order valence-electron chi connectivity index (χ2n) is 2.20. The third kappa shape index (κ3) is 2.07. The molecule has 0 aliphatic rings. The van der Waals surface area contributed by atoms with Gasteiger partial charge in [0.15, 0.2) is 0 Å². The van der Waals surface area contributed by atoms with Crippen LogP contribution in [0.5, 0.6) is 0 Å². The zero-order chi connectivity index (χ0) is 6.81. The molecule has 0 unspecified atom stereocenters. The van der Waals surface area contributed by atoms with Crippen molar-refractivity contribution in [1.82, 2.24) is 4.98 Å². The summed E-state index contributed by atoms with van der Waals surface area (Å²) in [5.74, 6) is 0. The van der Waals surface area contributed by atoms with E-state index in [4.69, 9.17) is 0 Å². The Bertz CT molecular complexity index is 289. The average molecular weight is 269 g/mol. The molecule has 0 aliphatic carbocycles. The fraction of sp³-hybridized carbons (Fsp3) is 0. The molecular weight excluding hydrogens is 259 g/mol. The summed E-state index contributed by atoms with van der Waals surface area (Å²) in [5.41, 5.74) is 1.06. The summed E-state index contributed by atoms with van der Waals surface area (Å²) in [4.78, 5) is 4.18.